The van der Waals surface area contributed by atoms with Gasteiger partial charge in [0.15, 0.2) is 5.82 Å². The van der Waals surface area contributed by atoms with Crippen molar-refractivity contribution in [1.82, 2.24) is 20.1 Å². The fraction of sp³-hybridized carbons (Fsp3) is 0.214. The van der Waals surface area contributed by atoms with Gasteiger partial charge >= 0.3 is 0 Å². The minimum Gasteiger partial charge on any atom is -0.356 e. The number of amides is 1. The molecule has 3 aromatic rings. The van der Waals surface area contributed by atoms with Gasteiger partial charge in [0.2, 0.25) is 5.91 Å². The smallest absolute Gasteiger partial charge is 0.222 e. The number of carbonyl (C=O) groups excluding carboxylic acids is 1. The van der Waals surface area contributed by atoms with Crippen molar-refractivity contribution in [2.45, 2.75) is 38.1 Å². The minimum absolute atomic E-state index is 0.0818. The molecule has 0 bridgehead atoms. The number of allylic oxidation sites excluding steroid dienone is 4. The molecule has 184 valence electrons. The van der Waals surface area contributed by atoms with Crippen molar-refractivity contribution < 1.29 is 4.79 Å². The van der Waals surface area contributed by atoms with E-state index in [1.807, 2.05) is 61.8 Å². The van der Waals surface area contributed by atoms with Gasteiger partial charge in [-0.15, -0.1) is 10.2 Å². The standard InChI is InChI=1S/C28H28ClN5OS/c1-5-8-21(9-6-2)36-22-14-15-25-23(16-22)27(19-10-12-20(29)13-11-19)31-24(17-26(35)30-7-3)28-33-32-18(4)34(25)28/h5-6,8-16,24H,1,7,17H2,2-4H3,(H,30,35)/b9-6-,21-8+/t24-/m0/s1. The fourth-order valence-corrected chi connectivity index (χ4v) is 5.18. The Hall–Kier alpha value is -3.42. The summed E-state index contributed by atoms with van der Waals surface area (Å²) < 4.78 is 2.01. The number of aliphatic imine (C=N–C) groups is 1. The van der Waals surface area contributed by atoms with Gasteiger partial charge in [-0.2, -0.15) is 0 Å². The van der Waals surface area contributed by atoms with Crippen LogP contribution in [-0.2, 0) is 4.79 Å². The maximum absolute atomic E-state index is 12.6. The summed E-state index contributed by atoms with van der Waals surface area (Å²) in [6.07, 6.45) is 7.99. The van der Waals surface area contributed by atoms with E-state index in [2.05, 4.69) is 46.4 Å². The lowest BCUT2D eigenvalue weighted by atomic mass is 10.0. The number of hydrogen-bond acceptors (Lipinski definition) is 5. The van der Waals surface area contributed by atoms with Crippen LogP contribution in [0.25, 0.3) is 5.69 Å². The van der Waals surface area contributed by atoms with Crippen molar-refractivity contribution in [3.05, 3.63) is 106 Å². The summed E-state index contributed by atoms with van der Waals surface area (Å²) in [5.41, 5.74) is 3.55. The number of nitrogens with zero attached hydrogens (tertiary/aromatic N) is 4. The lowest BCUT2D eigenvalue weighted by Crippen LogP contribution is -2.25. The molecule has 0 fully saturated rings. The molecule has 0 saturated carbocycles. The second-order valence-electron chi connectivity index (χ2n) is 8.18. The van der Waals surface area contributed by atoms with Gasteiger partial charge in [-0.1, -0.05) is 60.3 Å². The maximum atomic E-state index is 12.6. The molecular formula is C28H28ClN5OS. The highest BCUT2D eigenvalue weighted by atomic mass is 35.5. The quantitative estimate of drug-likeness (QED) is 0.278. The van der Waals surface area contributed by atoms with Crippen LogP contribution in [0.3, 0.4) is 0 Å². The van der Waals surface area contributed by atoms with Gasteiger partial charge < -0.3 is 5.32 Å². The Kier molecular flexibility index (Phi) is 8.23. The number of rotatable bonds is 8. The number of aryl methyl sites for hydroxylation is 1. The van der Waals surface area contributed by atoms with Gasteiger partial charge in [-0.3, -0.25) is 14.4 Å². The molecule has 2 aromatic carbocycles. The first-order valence-corrected chi connectivity index (χ1v) is 12.9. The minimum atomic E-state index is -0.494. The summed E-state index contributed by atoms with van der Waals surface area (Å²) in [6.45, 7) is 10.2. The van der Waals surface area contributed by atoms with Crippen molar-refractivity contribution in [1.29, 1.82) is 0 Å². The molecule has 36 heavy (non-hydrogen) atoms. The van der Waals surface area contributed by atoms with Crippen LogP contribution in [0.5, 0.6) is 0 Å². The van der Waals surface area contributed by atoms with E-state index in [9.17, 15) is 4.79 Å². The van der Waals surface area contributed by atoms with Crippen LogP contribution in [0.4, 0.5) is 0 Å². The zero-order chi connectivity index (χ0) is 25.7. The summed E-state index contributed by atoms with van der Waals surface area (Å²) in [6, 6.07) is 13.4. The first kappa shape index (κ1) is 25.7. The summed E-state index contributed by atoms with van der Waals surface area (Å²) in [5.74, 6) is 1.30. The zero-order valence-electron chi connectivity index (χ0n) is 20.5. The summed E-state index contributed by atoms with van der Waals surface area (Å²) in [7, 11) is 0. The normalized spacial score (nSPS) is 15.2. The maximum Gasteiger partial charge on any atom is 0.222 e. The Balaban J connectivity index is 1.92. The van der Waals surface area contributed by atoms with E-state index in [-0.39, 0.29) is 12.3 Å². The average Bonchev–Trinajstić information content (AvgIpc) is 3.18. The molecule has 1 atom stereocenters. The molecule has 0 spiro atoms. The Morgan fingerprint density at radius 2 is 2.00 bits per heavy atom. The highest BCUT2D eigenvalue weighted by Gasteiger charge is 2.29. The summed E-state index contributed by atoms with van der Waals surface area (Å²) in [4.78, 5) is 19.9. The molecule has 6 nitrogen and oxygen atoms in total. The molecule has 8 heteroatoms. The van der Waals surface area contributed by atoms with Gasteiger partial charge in [-0.05, 0) is 57.2 Å². The predicted molar refractivity (Wildman–Crippen MR) is 148 cm³/mol. The number of fused-ring (bicyclic) bond motifs is 3. The van der Waals surface area contributed by atoms with E-state index >= 15 is 0 Å². The lowest BCUT2D eigenvalue weighted by Gasteiger charge is -2.14. The Bertz CT molecular complexity index is 1370. The molecule has 2 heterocycles. The third-order valence-electron chi connectivity index (χ3n) is 5.62. The SMILES string of the molecule is C=C/C=C(\C=C/C)Sc1ccc2c(c1)C(c1ccc(Cl)cc1)=N[C@@H](CC(=O)NCC)c1nnc(C)n1-2. The molecule has 1 aromatic heterocycles. The molecule has 1 amide bonds. The fourth-order valence-electron chi connectivity index (χ4n) is 4.10. The van der Waals surface area contributed by atoms with Gasteiger partial charge in [0.25, 0.3) is 0 Å². The van der Waals surface area contributed by atoms with Crippen LogP contribution in [0, 0.1) is 6.92 Å². The van der Waals surface area contributed by atoms with Crippen molar-refractivity contribution in [3.8, 4) is 5.69 Å². The average molecular weight is 518 g/mol. The topological polar surface area (TPSA) is 72.2 Å². The molecule has 1 aliphatic heterocycles. The van der Waals surface area contributed by atoms with E-state index in [1.165, 1.54) is 0 Å². The van der Waals surface area contributed by atoms with Crippen molar-refractivity contribution in [2.75, 3.05) is 6.54 Å². The Morgan fingerprint density at radius 3 is 2.69 bits per heavy atom. The van der Waals surface area contributed by atoms with Crippen LogP contribution < -0.4 is 5.32 Å². The molecule has 0 saturated heterocycles. The summed E-state index contributed by atoms with van der Waals surface area (Å²) in [5, 5.41) is 12.3. The molecule has 0 unspecified atom stereocenters. The number of halogens is 1. The Morgan fingerprint density at radius 1 is 1.22 bits per heavy atom. The molecule has 1 N–H and O–H groups in total. The number of hydrogen-bond donors (Lipinski definition) is 1. The van der Waals surface area contributed by atoms with Gasteiger partial charge in [0.05, 0.1) is 17.8 Å². The number of thioether (sulfide) groups is 1. The van der Waals surface area contributed by atoms with E-state index in [0.717, 1.165) is 38.2 Å². The second kappa shape index (κ2) is 11.5. The lowest BCUT2D eigenvalue weighted by molar-refractivity contribution is -0.121. The predicted octanol–water partition coefficient (Wildman–Crippen LogP) is 6.39. The van der Waals surface area contributed by atoms with Crippen molar-refractivity contribution >= 4 is 35.0 Å². The molecule has 4 rings (SSSR count). The van der Waals surface area contributed by atoms with Crippen molar-refractivity contribution in [2.24, 2.45) is 4.99 Å². The third kappa shape index (κ3) is 5.53. The highest BCUT2D eigenvalue weighted by Crippen LogP contribution is 2.36. The summed E-state index contributed by atoms with van der Waals surface area (Å²) >= 11 is 7.84. The second-order valence-corrected chi connectivity index (χ2v) is 9.77. The van der Waals surface area contributed by atoms with E-state index in [0.29, 0.717) is 17.4 Å². The van der Waals surface area contributed by atoms with Crippen LogP contribution in [0.1, 0.15) is 49.1 Å². The van der Waals surface area contributed by atoms with Crippen LogP contribution in [0.2, 0.25) is 5.02 Å². The molecule has 1 aliphatic rings. The van der Waals surface area contributed by atoms with E-state index < -0.39 is 6.04 Å². The number of benzene rings is 2. The number of carbonyl (C=O) groups is 1. The first-order valence-electron chi connectivity index (χ1n) is 11.8. The monoisotopic (exact) mass is 517 g/mol. The van der Waals surface area contributed by atoms with Crippen molar-refractivity contribution in [3.63, 3.8) is 0 Å². The van der Waals surface area contributed by atoms with E-state index in [1.54, 1.807) is 17.8 Å². The third-order valence-corrected chi connectivity index (χ3v) is 6.87. The van der Waals surface area contributed by atoms with Crippen LogP contribution in [-0.4, -0.2) is 32.9 Å². The molecular weight excluding hydrogens is 490 g/mol. The van der Waals surface area contributed by atoms with Gasteiger partial charge in [0, 0.05) is 32.5 Å². The van der Waals surface area contributed by atoms with Crippen LogP contribution >= 0.6 is 23.4 Å². The Labute approximate surface area is 220 Å². The number of nitrogens with one attached hydrogen (secondary N) is 1. The molecule has 0 radical (unpaired) electrons. The van der Waals surface area contributed by atoms with E-state index in [4.69, 9.17) is 16.6 Å². The van der Waals surface area contributed by atoms with Gasteiger partial charge in [-0.25, -0.2) is 0 Å². The largest absolute Gasteiger partial charge is 0.356 e. The number of aromatic nitrogens is 3. The van der Waals surface area contributed by atoms with Gasteiger partial charge in [0.1, 0.15) is 11.9 Å². The molecule has 0 aliphatic carbocycles. The van der Waals surface area contributed by atoms with Crippen LogP contribution in [0.15, 0.2) is 88.1 Å². The zero-order valence-corrected chi connectivity index (χ0v) is 22.1. The first-order chi connectivity index (χ1) is 17.4. The highest BCUT2D eigenvalue weighted by molar-refractivity contribution is 8.03.